The molecule has 0 fully saturated rings. The number of nitrogens with zero attached hydrogens (tertiary/aromatic N) is 4. The van der Waals surface area contributed by atoms with Crippen molar-refractivity contribution in [1.29, 1.82) is 0 Å². The van der Waals surface area contributed by atoms with Gasteiger partial charge in [0, 0.05) is 41.5 Å². The first kappa shape index (κ1) is 37.1. The first-order valence-electron chi connectivity index (χ1n) is 17.8. The van der Waals surface area contributed by atoms with Crippen molar-refractivity contribution < 1.29 is 39.6 Å². The molecule has 9 nitrogen and oxygen atoms in total. The van der Waals surface area contributed by atoms with E-state index in [9.17, 15) is 39.6 Å². The molecule has 0 bridgehead atoms. The number of rotatable bonds is 5. The first-order chi connectivity index (χ1) is 24.9. The molecule has 0 radical (unpaired) electrons. The fraction of sp³-hybridized carbons (Fsp3) is 0.486. The van der Waals surface area contributed by atoms with E-state index in [-0.39, 0.29) is 18.0 Å². The van der Waals surface area contributed by atoms with Crippen LogP contribution in [0, 0.1) is 0 Å². The minimum Gasteiger partial charge on any atom is -0.353 e. The van der Waals surface area contributed by atoms with E-state index in [1.165, 1.54) is 16.3 Å². The molecule has 0 saturated heterocycles. The first-order valence-corrected chi connectivity index (χ1v) is 19.7. The van der Waals surface area contributed by atoms with Crippen LogP contribution in [0.2, 0.25) is 0 Å². The van der Waals surface area contributed by atoms with Crippen LogP contribution in [0.25, 0.3) is 11.4 Å². The molecule has 2 atom stereocenters. The number of sulfonamides is 1. The van der Waals surface area contributed by atoms with E-state index in [0.29, 0.717) is 78.8 Å². The van der Waals surface area contributed by atoms with E-state index >= 15 is 0 Å². The third kappa shape index (κ3) is 7.89. The van der Waals surface area contributed by atoms with Gasteiger partial charge in [0.15, 0.2) is 11.4 Å². The fourth-order valence-electron chi connectivity index (χ4n) is 8.33. The standard InChI is InChI=1S/C19H20F3N3O.C18H20F3N3O2S/c1-11(26)23-14-8-12-6-7-15(10-13(12)9-14)25-17-5-3-2-4-16(17)18(24-25)19(20,21)22;1-27(25,26)23-13-8-11-6-7-14(10-12(11)9-13)24-16-5-3-2-4-15(16)17(22-24)18(19,20)21/h6-7,10,14H,2-5,8-9H2,1H3,(H,23,26);6-7,10,13,23H,2-5,8-9H2,1H3. The van der Waals surface area contributed by atoms with Gasteiger partial charge in [-0.15, -0.1) is 0 Å². The zero-order valence-electron chi connectivity index (χ0n) is 29.3. The SMILES string of the molecule is CC(=O)NC1Cc2ccc(-n3nc(C(F)(F)F)c4c3CCCC4)cc2C1.CS(=O)(=O)NC1Cc2ccc(-n3nc(C(F)(F)F)c4c3CCCC4)cc2C1. The average Bonchev–Trinajstić information content (AvgIpc) is 3.84. The number of hydrogen-bond acceptors (Lipinski definition) is 5. The predicted octanol–water partition coefficient (Wildman–Crippen LogP) is 6.16. The lowest BCUT2D eigenvalue weighted by atomic mass is 9.95. The Labute approximate surface area is 303 Å². The molecule has 2 heterocycles. The van der Waals surface area contributed by atoms with Crippen LogP contribution in [-0.4, -0.2) is 52.2 Å². The number of benzene rings is 2. The maximum atomic E-state index is 13.4. The number of carbonyl (C=O) groups is 1. The smallest absolute Gasteiger partial charge is 0.353 e. The van der Waals surface area contributed by atoms with Crippen LogP contribution in [0.1, 0.15) is 88.8 Å². The second-order valence-corrected chi connectivity index (χ2v) is 16.3. The van der Waals surface area contributed by atoms with Crippen molar-refractivity contribution in [1.82, 2.24) is 29.6 Å². The topological polar surface area (TPSA) is 111 Å². The lowest BCUT2D eigenvalue weighted by Gasteiger charge is -2.15. The number of hydrogen-bond donors (Lipinski definition) is 2. The van der Waals surface area contributed by atoms with Gasteiger partial charge >= 0.3 is 12.4 Å². The van der Waals surface area contributed by atoms with Gasteiger partial charge in [0.1, 0.15) is 0 Å². The van der Waals surface area contributed by atoms with E-state index in [1.807, 2.05) is 30.3 Å². The molecule has 0 aliphatic heterocycles. The summed E-state index contributed by atoms with van der Waals surface area (Å²) >= 11 is 0. The highest BCUT2D eigenvalue weighted by atomic mass is 32.2. The van der Waals surface area contributed by atoms with Crippen LogP contribution < -0.4 is 10.0 Å². The summed E-state index contributed by atoms with van der Waals surface area (Å²) in [5, 5.41) is 10.8. The number of alkyl halides is 6. The van der Waals surface area contributed by atoms with E-state index in [0.717, 1.165) is 60.6 Å². The van der Waals surface area contributed by atoms with Gasteiger partial charge in [-0.1, -0.05) is 12.1 Å². The molecule has 8 rings (SSSR count). The minimum atomic E-state index is -4.46. The second kappa shape index (κ2) is 13.9. The van der Waals surface area contributed by atoms with Crippen LogP contribution in [0.4, 0.5) is 26.3 Å². The largest absolute Gasteiger partial charge is 0.435 e. The van der Waals surface area contributed by atoms with Crippen molar-refractivity contribution in [3.05, 3.63) is 92.6 Å². The van der Waals surface area contributed by atoms with Gasteiger partial charge in [0.2, 0.25) is 15.9 Å². The Balaban J connectivity index is 0.000000164. The van der Waals surface area contributed by atoms with Crippen LogP contribution in [0.5, 0.6) is 0 Å². The van der Waals surface area contributed by atoms with Gasteiger partial charge in [-0.25, -0.2) is 22.5 Å². The molecule has 16 heteroatoms. The molecular weight excluding hydrogens is 723 g/mol. The molecule has 4 aromatic rings. The van der Waals surface area contributed by atoms with Crippen LogP contribution >= 0.6 is 0 Å². The summed E-state index contributed by atoms with van der Waals surface area (Å²) in [6, 6.07) is 11.0. The zero-order chi connectivity index (χ0) is 37.9. The Hall–Kier alpha value is -4.18. The number of fused-ring (bicyclic) bond motifs is 4. The molecule has 2 N–H and O–H groups in total. The van der Waals surface area contributed by atoms with Gasteiger partial charge in [-0.3, -0.25) is 4.79 Å². The highest BCUT2D eigenvalue weighted by molar-refractivity contribution is 7.88. The van der Waals surface area contributed by atoms with E-state index in [4.69, 9.17) is 0 Å². The molecule has 2 aromatic heterocycles. The Morgan fingerprint density at radius 3 is 1.53 bits per heavy atom. The molecule has 0 saturated carbocycles. The molecule has 4 aliphatic rings. The Morgan fingerprint density at radius 2 is 1.09 bits per heavy atom. The third-order valence-corrected chi connectivity index (χ3v) is 11.2. The number of nitrogens with one attached hydrogen (secondary N) is 2. The average molecular weight is 763 g/mol. The molecule has 4 aliphatic carbocycles. The summed E-state index contributed by atoms with van der Waals surface area (Å²) in [7, 11) is -3.31. The Bertz CT molecular complexity index is 2170. The molecule has 0 spiro atoms. The van der Waals surface area contributed by atoms with Gasteiger partial charge in [0.05, 0.1) is 17.6 Å². The third-order valence-electron chi connectivity index (χ3n) is 10.4. The lowest BCUT2D eigenvalue weighted by molar-refractivity contribution is -0.142. The molecule has 1 amide bonds. The normalized spacial score (nSPS) is 19.5. The highest BCUT2D eigenvalue weighted by Gasteiger charge is 2.41. The van der Waals surface area contributed by atoms with Gasteiger partial charge < -0.3 is 5.32 Å². The number of aromatic nitrogens is 4. The summed E-state index contributed by atoms with van der Waals surface area (Å²) in [6.07, 6.45) is 0.0247. The molecule has 53 heavy (non-hydrogen) atoms. The summed E-state index contributed by atoms with van der Waals surface area (Å²) < 4.78 is 109. The quantitative estimate of drug-likeness (QED) is 0.237. The van der Waals surface area contributed by atoms with E-state index in [1.54, 1.807) is 6.07 Å². The highest BCUT2D eigenvalue weighted by Crippen LogP contribution is 2.39. The number of carbonyl (C=O) groups excluding carboxylic acids is 1. The maximum Gasteiger partial charge on any atom is 0.435 e. The lowest BCUT2D eigenvalue weighted by Crippen LogP contribution is -2.34. The van der Waals surface area contributed by atoms with Gasteiger partial charge in [0.25, 0.3) is 0 Å². The summed E-state index contributed by atoms with van der Waals surface area (Å²) in [4.78, 5) is 11.3. The van der Waals surface area contributed by atoms with Crippen molar-refractivity contribution in [2.45, 2.75) is 108 Å². The van der Waals surface area contributed by atoms with Crippen molar-refractivity contribution in [2.24, 2.45) is 0 Å². The zero-order valence-corrected chi connectivity index (χ0v) is 30.1. The molecular formula is C37H40F6N6O3S. The summed E-state index contributed by atoms with van der Waals surface area (Å²) in [5.41, 5.74) is 5.86. The van der Waals surface area contributed by atoms with Crippen LogP contribution in [0.15, 0.2) is 36.4 Å². The van der Waals surface area contributed by atoms with Gasteiger partial charge in [-0.05, 0) is 124 Å². The fourth-order valence-corrected chi connectivity index (χ4v) is 9.10. The van der Waals surface area contributed by atoms with Crippen LogP contribution in [-0.2, 0) is 78.5 Å². The van der Waals surface area contributed by atoms with Gasteiger partial charge in [-0.2, -0.15) is 36.5 Å². The summed E-state index contributed by atoms with van der Waals surface area (Å²) in [5.74, 6) is -0.0704. The Kier molecular flexibility index (Phi) is 9.75. The number of amides is 1. The van der Waals surface area contributed by atoms with Crippen molar-refractivity contribution in [3.63, 3.8) is 0 Å². The van der Waals surface area contributed by atoms with E-state index in [2.05, 4.69) is 20.2 Å². The molecule has 2 aromatic carbocycles. The monoisotopic (exact) mass is 762 g/mol. The predicted molar refractivity (Wildman–Crippen MR) is 185 cm³/mol. The van der Waals surface area contributed by atoms with Crippen molar-refractivity contribution in [3.8, 4) is 11.4 Å². The second-order valence-electron chi connectivity index (χ2n) is 14.5. The summed E-state index contributed by atoms with van der Waals surface area (Å²) in [6.45, 7) is 1.49. The van der Waals surface area contributed by atoms with E-state index < -0.39 is 33.8 Å². The molecule has 284 valence electrons. The Morgan fingerprint density at radius 1 is 0.679 bits per heavy atom. The minimum absolute atomic E-state index is 0.0509. The maximum absolute atomic E-state index is 13.4. The number of halogens is 6. The van der Waals surface area contributed by atoms with Crippen molar-refractivity contribution >= 4 is 15.9 Å². The van der Waals surface area contributed by atoms with Crippen LogP contribution in [0.3, 0.4) is 0 Å². The van der Waals surface area contributed by atoms with Crippen molar-refractivity contribution in [2.75, 3.05) is 6.26 Å². The molecule has 2 unspecified atom stereocenters.